The van der Waals surface area contributed by atoms with E-state index in [0.717, 1.165) is 22.9 Å². The van der Waals surface area contributed by atoms with Crippen LogP contribution in [0.2, 0.25) is 0 Å². The molecule has 5 nitrogen and oxygen atoms in total. The minimum Gasteiger partial charge on any atom is -0.423 e. The van der Waals surface area contributed by atoms with Gasteiger partial charge in [0.15, 0.2) is 0 Å². The van der Waals surface area contributed by atoms with E-state index < -0.39 is 5.97 Å². The lowest BCUT2D eigenvalue weighted by atomic mass is 10.2. The first kappa shape index (κ1) is 19.7. The molecule has 3 aromatic rings. The summed E-state index contributed by atoms with van der Waals surface area (Å²) in [6.45, 7) is 0.247. The fourth-order valence-electron chi connectivity index (χ4n) is 2.93. The average molecular weight is 415 g/mol. The highest BCUT2D eigenvalue weighted by Gasteiger charge is 2.34. The molecule has 3 aromatic carbocycles. The molecule has 0 atom stereocenters. The van der Waals surface area contributed by atoms with Crippen molar-refractivity contribution in [1.82, 2.24) is 4.90 Å². The van der Waals surface area contributed by atoms with Crippen LogP contribution in [0.4, 0.5) is 4.79 Å². The Labute approximate surface area is 178 Å². The zero-order chi connectivity index (χ0) is 20.9. The van der Waals surface area contributed by atoms with Crippen LogP contribution in [-0.2, 0) is 11.3 Å². The molecule has 148 valence electrons. The van der Waals surface area contributed by atoms with Gasteiger partial charge in [-0.15, -0.1) is 0 Å². The van der Waals surface area contributed by atoms with Crippen LogP contribution in [0.1, 0.15) is 21.5 Å². The lowest BCUT2D eigenvalue weighted by molar-refractivity contribution is -0.123. The Morgan fingerprint density at radius 2 is 1.50 bits per heavy atom. The number of nitrogens with zero attached hydrogens (tertiary/aromatic N) is 1. The molecule has 0 bridgehead atoms. The molecule has 1 heterocycles. The molecule has 0 unspecified atom stereocenters. The first-order chi connectivity index (χ1) is 14.6. The molecule has 30 heavy (non-hydrogen) atoms. The molecule has 1 saturated heterocycles. The zero-order valence-electron chi connectivity index (χ0n) is 15.9. The Morgan fingerprint density at radius 3 is 2.17 bits per heavy atom. The molecule has 0 aromatic heterocycles. The lowest BCUT2D eigenvalue weighted by Crippen LogP contribution is -2.27. The molecule has 1 aliphatic heterocycles. The van der Waals surface area contributed by atoms with Gasteiger partial charge in [-0.25, -0.2) is 4.79 Å². The van der Waals surface area contributed by atoms with Crippen LogP contribution < -0.4 is 4.74 Å². The number of ether oxygens (including phenoxy) is 1. The number of thioether (sulfide) groups is 1. The summed E-state index contributed by atoms with van der Waals surface area (Å²) in [5.74, 6) is -0.350. The Kier molecular flexibility index (Phi) is 5.77. The van der Waals surface area contributed by atoms with Gasteiger partial charge in [0.1, 0.15) is 5.75 Å². The Bertz CT molecular complexity index is 1110. The van der Waals surface area contributed by atoms with Gasteiger partial charge in [0.25, 0.3) is 11.1 Å². The van der Waals surface area contributed by atoms with Gasteiger partial charge in [-0.3, -0.25) is 14.5 Å². The molecule has 0 aliphatic carbocycles. The molecule has 4 rings (SSSR count). The van der Waals surface area contributed by atoms with Crippen LogP contribution in [0.15, 0.2) is 89.8 Å². The predicted octanol–water partition coefficient (Wildman–Crippen LogP) is 5.14. The van der Waals surface area contributed by atoms with Crippen molar-refractivity contribution in [3.63, 3.8) is 0 Å². The molecule has 1 fully saturated rings. The fourth-order valence-corrected chi connectivity index (χ4v) is 3.76. The van der Waals surface area contributed by atoms with E-state index in [9.17, 15) is 14.4 Å². The number of imide groups is 1. The molecule has 1 aliphatic rings. The third kappa shape index (κ3) is 4.50. The topological polar surface area (TPSA) is 63.7 Å². The van der Waals surface area contributed by atoms with Gasteiger partial charge in [0, 0.05) is 0 Å². The predicted molar refractivity (Wildman–Crippen MR) is 116 cm³/mol. The van der Waals surface area contributed by atoms with Gasteiger partial charge in [0.2, 0.25) is 0 Å². The monoisotopic (exact) mass is 415 g/mol. The minimum absolute atomic E-state index is 0.247. The second kappa shape index (κ2) is 8.80. The van der Waals surface area contributed by atoms with Crippen molar-refractivity contribution in [2.45, 2.75) is 6.54 Å². The number of benzene rings is 3. The third-order valence-electron chi connectivity index (χ3n) is 4.46. The average Bonchev–Trinajstić information content (AvgIpc) is 3.04. The highest BCUT2D eigenvalue weighted by atomic mass is 32.2. The number of amides is 2. The van der Waals surface area contributed by atoms with E-state index in [1.54, 1.807) is 54.6 Å². The maximum Gasteiger partial charge on any atom is 0.343 e. The first-order valence-corrected chi connectivity index (χ1v) is 10.1. The van der Waals surface area contributed by atoms with Gasteiger partial charge in [-0.1, -0.05) is 60.7 Å². The van der Waals surface area contributed by atoms with E-state index in [1.807, 2.05) is 36.4 Å². The fraction of sp³-hybridized carbons (Fsp3) is 0.0417. The van der Waals surface area contributed by atoms with E-state index in [0.29, 0.717) is 16.2 Å². The van der Waals surface area contributed by atoms with Crippen molar-refractivity contribution < 1.29 is 19.1 Å². The van der Waals surface area contributed by atoms with Crippen LogP contribution in [-0.4, -0.2) is 22.0 Å². The van der Waals surface area contributed by atoms with Crippen LogP contribution in [0, 0.1) is 0 Å². The lowest BCUT2D eigenvalue weighted by Gasteiger charge is -2.12. The van der Waals surface area contributed by atoms with Gasteiger partial charge in [-0.05, 0) is 53.2 Å². The summed E-state index contributed by atoms with van der Waals surface area (Å²) >= 11 is 0.921. The molecule has 0 radical (unpaired) electrons. The van der Waals surface area contributed by atoms with Crippen LogP contribution in [0.3, 0.4) is 0 Å². The standard InChI is InChI=1S/C24H17NO4S/c26-22-21(30-24(28)25(22)16-18-7-3-1-4-8-18)15-17-11-13-20(14-12-17)29-23(27)19-9-5-2-6-10-19/h1-15H,16H2/b21-15-. The number of carbonyl (C=O) groups excluding carboxylic acids is 3. The smallest absolute Gasteiger partial charge is 0.343 e. The maximum absolute atomic E-state index is 12.6. The molecule has 6 heteroatoms. The number of rotatable bonds is 5. The summed E-state index contributed by atoms with van der Waals surface area (Å²) in [6.07, 6.45) is 1.67. The molecular formula is C24H17NO4S. The summed E-state index contributed by atoms with van der Waals surface area (Å²) < 4.78 is 5.35. The maximum atomic E-state index is 12.6. The van der Waals surface area contributed by atoms with Crippen molar-refractivity contribution in [2.24, 2.45) is 0 Å². The molecule has 0 N–H and O–H groups in total. The summed E-state index contributed by atoms with van der Waals surface area (Å²) in [5.41, 5.74) is 2.10. The van der Waals surface area contributed by atoms with E-state index in [2.05, 4.69) is 0 Å². The van der Waals surface area contributed by atoms with Crippen molar-refractivity contribution in [1.29, 1.82) is 0 Å². The minimum atomic E-state index is -0.439. The molecule has 0 saturated carbocycles. The largest absolute Gasteiger partial charge is 0.423 e. The second-order valence-electron chi connectivity index (χ2n) is 6.58. The summed E-state index contributed by atoms with van der Waals surface area (Å²) in [6, 6.07) is 24.9. The van der Waals surface area contributed by atoms with Crippen molar-refractivity contribution in [2.75, 3.05) is 0 Å². The van der Waals surface area contributed by atoms with Crippen molar-refractivity contribution in [3.8, 4) is 5.75 Å². The molecule has 2 amide bonds. The van der Waals surface area contributed by atoms with E-state index in [-0.39, 0.29) is 17.7 Å². The van der Waals surface area contributed by atoms with Crippen LogP contribution in [0.25, 0.3) is 6.08 Å². The highest BCUT2D eigenvalue weighted by molar-refractivity contribution is 8.18. The summed E-state index contributed by atoms with van der Waals surface area (Å²) in [4.78, 5) is 38.6. The number of hydrogen-bond donors (Lipinski definition) is 0. The third-order valence-corrected chi connectivity index (χ3v) is 5.36. The quantitative estimate of drug-likeness (QED) is 0.328. The normalized spacial score (nSPS) is 14.9. The Hall–Kier alpha value is -3.64. The molecular weight excluding hydrogens is 398 g/mol. The SMILES string of the molecule is O=C(Oc1ccc(/C=C2\SC(=O)N(Cc3ccccc3)C2=O)cc1)c1ccccc1. The van der Waals surface area contributed by atoms with Gasteiger partial charge in [-0.2, -0.15) is 0 Å². The van der Waals surface area contributed by atoms with Crippen molar-refractivity contribution in [3.05, 3.63) is 107 Å². The van der Waals surface area contributed by atoms with E-state index >= 15 is 0 Å². The van der Waals surface area contributed by atoms with Crippen molar-refractivity contribution >= 4 is 35.0 Å². The number of hydrogen-bond acceptors (Lipinski definition) is 5. The number of esters is 1. The van der Waals surface area contributed by atoms with Gasteiger partial charge < -0.3 is 4.74 Å². The van der Waals surface area contributed by atoms with Gasteiger partial charge in [0.05, 0.1) is 17.0 Å². The zero-order valence-corrected chi connectivity index (χ0v) is 16.7. The Morgan fingerprint density at radius 1 is 0.867 bits per heavy atom. The number of carbonyl (C=O) groups is 3. The first-order valence-electron chi connectivity index (χ1n) is 9.27. The highest BCUT2D eigenvalue weighted by Crippen LogP contribution is 2.33. The van der Waals surface area contributed by atoms with Crippen LogP contribution in [0.5, 0.6) is 5.75 Å². The van der Waals surface area contributed by atoms with E-state index in [1.165, 1.54) is 4.90 Å². The second-order valence-corrected chi connectivity index (χ2v) is 7.57. The summed E-state index contributed by atoms with van der Waals surface area (Å²) in [5, 5.41) is -0.288. The molecule has 0 spiro atoms. The van der Waals surface area contributed by atoms with E-state index in [4.69, 9.17) is 4.74 Å². The van der Waals surface area contributed by atoms with Gasteiger partial charge >= 0.3 is 5.97 Å². The van der Waals surface area contributed by atoms with Crippen LogP contribution >= 0.6 is 11.8 Å². The summed E-state index contributed by atoms with van der Waals surface area (Å²) in [7, 11) is 0. The Balaban J connectivity index is 1.44.